The van der Waals surface area contributed by atoms with E-state index in [9.17, 15) is 4.79 Å². The molecule has 1 aromatic carbocycles. The molecule has 2 aliphatic heterocycles. The fraction of sp³-hybridized carbons (Fsp3) is 0.611. The van der Waals surface area contributed by atoms with Gasteiger partial charge in [-0.2, -0.15) is 0 Å². The predicted octanol–water partition coefficient (Wildman–Crippen LogP) is 3.45. The van der Waals surface area contributed by atoms with Crippen LogP contribution in [0.15, 0.2) is 24.3 Å². The van der Waals surface area contributed by atoms with Crippen LogP contribution in [0.2, 0.25) is 5.02 Å². The predicted molar refractivity (Wildman–Crippen MR) is 96.6 cm³/mol. The van der Waals surface area contributed by atoms with Crippen molar-refractivity contribution in [1.82, 2.24) is 9.80 Å². The molecule has 2 saturated heterocycles. The molecule has 0 saturated carbocycles. The highest BCUT2D eigenvalue weighted by molar-refractivity contribution is 6.33. The van der Waals surface area contributed by atoms with Gasteiger partial charge in [0.05, 0.1) is 22.9 Å². The first-order valence-electron chi connectivity index (χ1n) is 8.73. The number of amides is 2. The molecule has 3 rings (SSSR count). The Bertz CT molecular complexity index is 573. The molecule has 3 atom stereocenters. The normalized spacial score (nSPS) is 28.1. The van der Waals surface area contributed by atoms with Crippen molar-refractivity contribution >= 4 is 23.3 Å². The third kappa shape index (κ3) is 4.21. The minimum Gasteiger partial charge on any atom is -0.373 e. The lowest BCUT2D eigenvalue weighted by Crippen LogP contribution is -2.51. The Morgan fingerprint density at radius 2 is 2.00 bits per heavy atom. The molecule has 6 heteroatoms. The standard InChI is InChI=1S/C18H26ClN3O2/c1-13-10-21(11-14(2)24-13)12-15-6-5-9-22(15)18(23)20-17-8-4-3-7-16(17)19/h3-4,7-8,13-15H,5-6,9-12H2,1-2H3,(H,20,23)/t13-,14+,15-/m0/s1. The fourth-order valence-electron chi connectivity index (χ4n) is 3.77. The zero-order chi connectivity index (χ0) is 17.1. The number of benzene rings is 1. The number of carbonyl (C=O) groups is 1. The number of urea groups is 1. The van der Waals surface area contributed by atoms with E-state index in [1.54, 1.807) is 6.07 Å². The zero-order valence-corrected chi connectivity index (χ0v) is 15.1. The van der Waals surface area contributed by atoms with Gasteiger partial charge < -0.3 is 15.0 Å². The highest BCUT2D eigenvalue weighted by Gasteiger charge is 2.32. The van der Waals surface area contributed by atoms with Crippen LogP contribution in [0.5, 0.6) is 0 Å². The second-order valence-electron chi connectivity index (χ2n) is 6.88. The van der Waals surface area contributed by atoms with Crippen molar-refractivity contribution < 1.29 is 9.53 Å². The number of likely N-dealkylation sites (tertiary alicyclic amines) is 1. The van der Waals surface area contributed by atoms with Gasteiger partial charge in [0, 0.05) is 32.2 Å². The minimum absolute atomic E-state index is 0.0556. The quantitative estimate of drug-likeness (QED) is 0.907. The van der Waals surface area contributed by atoms with Crippen LogP contribution < -0.4 is 5.32 Å². The van der Waals surface area contributed by atoms with E-state index >= 15 is 0 Å². The lowest BCUT2D eigenvalue weighted by atomic mass is 10.1. The van der Waals surface area contributed by atoms with Crippen molar-refractivity contribution in [1.29, 1.82) is 0 Å². The number of hydrogen-bond donors (Lipinski definition) is 1. The summed E-state index contributed by atoms with van der Waals surface area (Å²) in [5.74, 6) is 0. The Hall–Kier alpha value is -1.30. The molecule has 1 aromatic rings. The lowest BCUT2D eigenvalue weighted by Gasteiger charge is -2.38. The maximum atomic E-state index is 12.7. The topological polar surface area (TPSA) is 44.8 Å². The van der Waals surface area contributed by atoms with Gasteiger partial charge in [-0.15, -0.1) is 0 Å². The number of morpholine rings is 1. The van der Waals surface area contributed by atoms with E-state index in [-0.39, 0.29) is 24.3 Å². The monoisotopic (exact) mass is 351 g/mol. The van der Waals surface area contributed by atoms with Crippen molar-refractivity contribution in [2.24, 2.45) is 0 Å². The summed E-state index contributed by atoms with van der Waals surface area (Å²) in [4.78, 5) is 17.0. The number of ether oxygens (including phenoxy) is 1. The minimum atomic E-state index is -0.0556. The van der Waals surface area contributed by atoms with E-state index in [0.717, 1.165) is 39.0 Å². The molecule has 1 N–H and O–H groups in total. The Labute approximate surface area is 148 Å². The van der Waals surface area contributed by atoms with E-state index in [4.69, 9.17) is 16.3 Å². The van der Waals surface area contributed by atoms with Crippen molar-refractivity contribution in [3.63, 3.8) is 0 Å². The summed E-state index contributed by atoms with van der Waals surface area (Å²) < 4.78 is 5.80. The van der Waals surface area contributed by atoms with Crippen molar-refractivity contribution in [2.75, 3.05) is 31.5 Å². The van der Waals surface area contributed by atoms with E-state index < -0.39 is 0 Å². The maximum absolute atomic E-state index is 12.7. The molecule has 0 unspecified atom stereocenters. The lowest BCUT2D eigenvalue weighted by molar-refractivity contribution is -0.0712. The number of carbonyl (C=O) groups excluding carboxylic acids is 1. The summed E-state index contributed by atoms with van der Waals surface area (Å²) in [5.41, 5.74) is 0.670. The van der Waals surface area contributed by atoms with Crippen molar-refractivity contribution in [3.05, 3.63) is 29.3 Å². The van der Waals surface area contributed by atoms with Gasteiger partial charge in [-0.3, -0.25) is 4.90 Å². The number of rotatable bonds is 3. The van der Waals surface area contributed by atoms with Crippen LogP contribution in [0.25, 0.3) is 0 Å². The average molecular weight is 352 g/mol. The molecule has 132 valence electrons. The number of halogens is 1. The van der Waals surface area contributed by atoms with Gasteiger partial charge in [0.25, 0.3) is 0 Å². The fourth-order valence-corrected chi connectivity index (χ4v) is 3.96. The second-order valence-corrected chi connectivity index (χ2v) is 7.28. The SMILES string of the molecule is C[C@@H]1CN(C[C@@H]2CCCN2C(=O)Nc2ccccc2Cl)C[C@H](C)O1. The largest absolute Gasteiger partial charge is 0.373 e. The maximum Gasteiger partial charge on any atom is 0.322 e. The van der Waals surface area contributed by atoms with Crippen LogP contribution in [0.4, 0.5) is 10.5 Å². The summed E-state index contributed by atoms with van der Waals surface area (Å²) in [5, 5.41) is 3.52. The Morgan fingerprint density at radius 1 is 1.29 bits per heavy atom. The van der Waals surface area contributed by atoms with Crippen LogP contribution >= 0.6 is 11.6 Å². The van der Waals surface area contributed by atoms with Crippen LogP contribution in [0, 0.1) is 0 Å². The third-order valence-corrected chi connectivity index (χ3v) is 5.05. The molecule has 2 fully saturated rings. The first kappa shape index (κ1) is 17.5. The Morgan fingerprint density at radius 3 is 2.71 bits per heavy atom. The molecule has 0 aliphatic carbocycles. The molecule has 2 heterocycles. The van der Waals surface area contributed by atoms with E-state index in [2.05, 4.69) is 24.1 Å². The number of para-hydroxylation sites is 1. The van der Waals surface area contributed by atoms with Crippen LogP contribution in [0.3, 0.4) is 0 Å². The summed E-state index contributed by atoms with van der Waals surface area (Å²) in [6.07, 6.45) is 2.60. The van der Waals surface area contributed by atoms with Gasteiger partial charge in [0.15, 0.2) is 0 Å². The third-order valence-electron chi connectivity index (χ3n) is 4.72. The number of hydrogen-bond acceptors (Lipinski definition) is 3. The molecule has 0 spiro atoms. The summed E-state index contributed by atoms with van der Waals surface area (Å²) >= 11 is 6.14. The van der Waals surface area contributed by atoms with Gasteiger partial charge in [0.2, 0.25) is 0 Å². The zero-order valence-electron chi connectivity index (χ0n) is 14.4. The highest BCUT2D eigenvalue weighted by atomic mass is 35.5. The van der Waals surface area contributed by atoms with Crippen LogP contribution in [-0.2, 0) is 4.74 Å². The van der Waals surface area contributed by atoms with Crippen LogP contribution in [-0.4, -0.2) is 60.3 Å². The smallest absolute Gasteiger partial charge is 0.322 e. The summed E-state index contributed by atoms with van der Waals surface area (Å²) in [6, 6.07) is 7.55. The molecule has 0 radical (unpaired) electrons. The molecular formula is C18H26ClN3O2. The van der Waals surface area contributed by atoms with E-state index in [1.165, 1.54) is 0 Å². The number of nitrogens with one attached hydrogen (secondary N) is 1. The first-order valence-corrected chi connectivity index (χ1v) is 9.10. The van der Waals surface area contributed by atoms with Gasteiger partial charge in [-0.25, -0.2) is 4.79 Å². The highest BCUT2D eigenvalue weighted by Crippen LogP contribution is 2.24. The molecule has 2 aliphatic rings. The van der Waals surface area contributed by atoms with E-state index in [1.807, 2.05) is 23.1 Å². The van der Waals surface area contributed by atoms with Gasteiger partial charge in [-0.05, 0) is 38.8 Å². The van der Waals surface area contributed by atoms with E-state index in [0.29, 0.717) is 10.7 Å². The average Bonchev–Trinajstić information content (AvgIpc) is 2.96. The summed E-state index contributed by atoms with van der Waals surface area (Å²) in [7, 11) is 0. The number of nitrogens with zero attached hydrogens (tertiary/aromatic N) is 2. The van der Waals surface area contributed by atoms with Gasteiger partial charge in [-0.1, -0.05) is 23.7 Å². The molecule has 0 aromatic heterocycles. The number of anilines is 1. The van der Waals surface area contributed by atoms with Gasteiger partial charge in [0.1, 0.15) is 0 Å². The van der Waals surface area contributed by atoms with Crippen molar-refractivity contribution in [2.45, 2.75) is 44.9 Å². The van der Waals surface area contributed by atoms with Crippen molar-refractivity contribution in [3.8, 4) is 0 Å². The molecule has 0 bridgehead atoms. The van der Waals surface area contributed by atoms with Gasteiger partial charge >= 0.3 is 6.03 Å². The molecule has 5 nitrogen and oxygen atoms in total. The molecule has 24 heavy (non-hydrogen) atoms. The second kappa shape index (κ2) is 7.72. The summed E-state index contributed by atoms with van der Waals surface area (Å²) in [6.45, 7) is 7.80. The molecular weight excluding hydrogens is 326 g/mol. The Kier molecular flexibility index (Phi) is 5.64. The Balaban J connectivity index is 1.60. The first-order chi connectivity index (χ1) is 11.5. The van der Waals surface area contributed by atoms with Crippen LogP contribution in [0.1, 0.15) is 26.7 Å². The molecule has 2 amide bonds.